The molecule has 0 aromatic carbocycles. The molecule has 1 aliphatic rings. The fourth-order valence-electron chi connectivity index (χ4n) is 2.04. The fourth-order valence-corrected chi connectivity index (χ4v) is 2.04. The van der Waals surface area contributed by atoms with Crippen LogP contribution in [0.4, 0.5) is 0 Å². The smallest absolute Gasteiger partial charge is 0.305 e. The molecule has 0 aliphatic carbocycles. The van der Waals surface area contributed by atoms with Crippen molar-refractivity contribution in [3.63, 3.8) is 0 Å². The molecule has 3 unspecified atom stereocenters. The molecule has 0 N–H and O–H groups in total. The summed E-state index contributed by atoms with van der Waals surface area (Å²) in [6, 6.07) is -0.777. The highest BCUT2D eigenvalue weighted by Crippen LogP contribution is 2.28. The molecule has 1 saturated heterocycles. The summed E-state index contributed by atoms with van der Waals surface area (Å²) in [5.74, 6) is -1.13. The van der Waals surface area contributed by atoms with E-state index in [1.807, 2.05) is 0 Å². The first-order chi connectivity index (χ1) is 9.40. The van der Waals surface area contributed by atoms with Crippen LogP contribution in [0, 0.1) is 0 Å². The molecule has 112 valence electrons. The number of ether oxygens (including phenoxy) is 4. The minimum atomic E-state index is -1.04. The lowest BCUT2D eigenvalue weighted by Crippen LogP contribution is -2.59. The Balaban J connectivity index is 3.05. The second kappa shape index (κ2) is 7.09. The standard InChI is InChI=1S/C11H17N3O6/c1-5-8(13-14-12)9(19-6(2)15)10(17-4)11(18-5)20-7(3)16/h5,8-11H,1-4H3/t5?,8-,9?,10?,11-/m0/s1. The van der Waals surface area contributed by atoms with Crippen molar-refractivity contribution in [3.8, 4) is 0 Å². The quantitative estimate of drug-likeness (QED) is 0.328. The van der Waals surface area contributed by atoms with Crippen molar-refractivity contribution in [2.45, 2.75) is 51.4 Å². The third-order valence-electron chi connectivity index (χ3n) is 2.80. The van der Waals surface area contributed by atoms with Gasteiger partial charge in [-0.15, -0.1) is 0 Å². The molecule has 20 heavy (non-hydrogen) atoms. The van der Waals surface area contributed by atoms with E-state index in [1.54, 1.807) is 6.92 Å². The van der Waals surface area contributed by atoms with Crippen LogP contribution in [-0.4, -0.2) is 49.7 Å². The second-order valence-electron chi connectivity index (χ2n) is 4.29. The largest absolute Gasteiger partial charge is 0.459 e. The number of rotatable bonds is 4. The third-order valence-corrected chi connectivity index (χ3v) is 2.80. The maximum Gasteiger partial charge on any atom is 0.305 e. The van der Waals surface area contributed by atoms with Crippen LogP contribution in [0.3, 0.4) is 0 Å². The van der Waals surface area contributed by atoms with Crippen molar-refractivity contribution in [2.24, 2.45) is 5.11 Å². The SMILES string of the molecule is COC1C(OC(C)=O)[C@@H](N=[N+]=[N-])C(C)O[C@H]1OC(C)=O. The number of esters is 2. The molecule has 0 radical (unpaired) electrons. The molecule has 0 bridgehead atoms. The predicted molar refractivity (Wildman–Crippen MR) is 65.4 cm³/mol. The van der Waals surface area contributed by atoms with E-state index in [2.05, 4.69) is 10.0 Å². The van der Waals surface area contributed by atoms with Crippen LogP contribution in [0.1, 0.15) is 20.8 Å². The summed E-state index contributed by atoms with van der Waals surface area (Å²) in [5.41, 5.74) is 8.59. The van der Waals surface area contributed by atoms with Gasteiger partial charge in [0.1, 0.15) is 12.1 Å². The van der Waals surface area contributed by atoms with E-state index in [-0.39, 0.29) is 0 Å². The van der Waals surface area contributed by atoms with Crippen LogP contribution in [-0.2, 0) is 28.5 Å². The number of hydrogen-bond acceptors (Lipinski definition) is 7. The fraction of sp³-hybridized carbons (Fsp3) is 0.818. The number of methoxy groups -OCH3 is 1. The molecule has 1 heterocycles. The molecular weight excluding hydrogens is 270 g/mol. The highest BCUT2D eigenvalue weighted by molar-refractivity contribution is 5.67. The zero-order valence-corrected chi connectivity index (χ0v) is 11.7. The number of nitrogens with zero attached hydrogens (tertiary/aromatic N) is 3. The van der Waals surface area contributed by atoms with E-state index < -0.39 is 42.6 Å². The van der Waals surface area contributed by atoms with Crippen LogP contribution >= 0.6 is 0 Å². The number of carbonyl (C=O) groups excluding carboxylic acids is 2. The third kappa shape index (κ3) is 3.83. The number of azide groups is 1. The van der Waals surface area contributed by atoms with Crippen LogP contribution in [0.2, 0.25) is 0 Å². The van der Waals surface area contributed by atoms with Crippen LogP contribution in [0.5, 0.6) is 0 Å². The van der Waals surface area contributed by atoms with Gasteiger partial charge in [0.25, 0.3) is 0 Å². The number of hydrogen-bond donors (Lipinski definition) is 0. The molecule has 9 heteroatoms. The average Bonchev–Trinajstić information content (AvgIpc) is 2.33. The van der Waals surface area contributed by atoms with Gasteiger partial charge < -0.3 is 18.9 Å². The summed E-state index contributed by atoms with van der Waals surface area (Å²) < 4.78 is 20.8. The van der Waals surface area contributed by atoms with Crippen molar-refractivity contribution in [2.75, 3.05) is 7.11 Å². The lowest BCUT2D eigenvalue weighted by atomic mass is 9.97. The lowest BCUT2D eigenvalue weighted by Gasteiger charge is -2.42. The second-order valence-corrected chi connectivity index (χ2v) is 4.29. The van der Waals surface area contributed by atoms with Gasteiger partial charge in [-0.25, -0.2) is 0 Å². The van der Waals surface area contributed by atoms with Crippen molar-refractivity contribution in [1.29, 1.82) is 0 Å². The zero-order chi connectivity index (χ0) is 15.3. The first kappa shape index (κ1) is 16.2. The van der Waals surface area contributed by atoms with E-state index in [0.717, 1.165) is 0 Å². The summed E-state index contributed by atoms with van der Waals surface area (Å²) in [6.07, 6.45) is -3.43. The Labute approximate surface area is 115 Å². The van der Waals surface area contributed by atoms with Gasteiger partial charge in [0.05, 0.1) is 6.10 Å². The maximum atomic E-state index is 11.2. The van der Waals surface area contributed by atoms with Gasteiger partial charge in [0.15, 0.2) is 6.10 Å². The molecular formula is C11H17N3O6. The Bertz CT molecular complexity index is 422. The Morgan fingerprint density at radius 3 is 2.25 bits per heavy atom. The lowest BCUT2D eigenvalue weighted by molar-refractivity contribution is -0.268. The Morgan fingerprint density at radius 1 is 1.20 bits per heavy atom. The molecule has 0 spiro atoms. The summed E-state index contributed by atoms with van der Waals surface area (Å²) in [5, 5.41) is 3.57. The maximum absolute atomic E-state index is 11.2. The normalized spacial score (nSPS) is 32.9. The van der Waals surface area contributed by atoms with Crippen LogP contribution in [0.25, 0.3) is 10.4 Å². The van der Waals surface area contributed by atoms with Gasteiger partial charge in [-0.3, -0.25) is 9.59 Å². The molecule has 1 rings (SSSR count). The van der Waals surface area contributed by atoms with Crippen molar-refractivity contribution < 1.29 is 28.5 Å². The number of carbonyl (C=O) groups is 2. The Morgan fingerprint density at radius 2 is 1.80 bits per heavy atom. The van der Waals surface area contributed by atoms with Gasteiger partial charge in [0.2, 0.25) is 6.29 Å². The van der Waals surface area contributed by atoms with E-state index >= 15 is 0 Å². The minimum Gasteiger partial charge on any atom is -0.459 e. The molecule has 1 aliphatic heterocycles. The van der Waals surface area contributed by atoms with Gasteiger partial charge >= 0.3 is 11.9 Å². The summed E-state index contributed by atoms with van der Waals surface area (Å²) in [6.45, 7) is 4.07. The highest BCUT2D eigenvalue weighted by atomic mass is 16.7. The van der Waals surface area contributed by atoms with Crippen LogP contribution in [0.15, 0.2) is 5.11 Å². The molecule has 9 nitrogen and oxygen atoms in total. The highest BCUT2D eigenvalue weighted by Gasteiger charge is 2.48. The molecule has 5 atom stereocenters. The van der Waals surface area contributed by atoms with E-state index in [9.17, 15) is 9.59 Å². The van der Waals surface area contributed by atoms with E-state index in [0.29, 0.717) is 0 Å². The molecule has 0 saturated carbocycles. The van der Waals surface area contributed by atoms with Gasteiger partial charge in [0, 0.05) is 25.9 Å². The Hall–Kier alpha value is -1.83. The van der Waals surface area contributed by atoms with Crippen molar-refractivity contribution in [3.05, 3.63) is 10.4 Å². The molecule has 0 aromatic heterocycles. The van der Waals surface area contributed by atoms with E-state index in [4.69, 9.17) is 24.5 Å². The van der Waals surface area contributed by atoms with Crippen molar-refractivity contribution in [1.82, 2.24) is 0 Å². The first-order valence-electron chi connectivity index (χ1n) is 5.97. The summed E-state index contributed by atoms with van der Waals surface area (Å²) in [7, 11) is 1.35. The Kier molecular flexibility index (Phi) is 5.75. The van der Waals surface area contributed by atoms with Gasteiger partial charge in [-0.1, -0.05) is 5.11 Å². The topological polar surface area (TPSA) is 120 Å². The first-order valence-corrected chi connectivity index (χ1v) is 5.97. The summed E-state index contributed by atoms with van der Waals surface area (Å²) in [4.78, 5) is 25.0. The minimum absolute atomic E-state index is 0.562. The molecule has 0 amide bonds. The molecule has 0 aromatic rings. The van der Waals surface area contributed by atoms with Gasteiger partial charge in [-0.05, 0) is 12.5 Å². The average molecular weight is 287 g/mol. The summed E-state index contributed by atoms with van der Waals surface area (Å²) >= 11 is 0. The monoisotopic (exact) mass is 287 g/mol. The van der Waals surface area contributed by atoms with Crippen molar-refractivity contribution >= 4 is 11.9 Å². The van der Waals surface area contributed by atoms with E-state index in [1.165, 1.54) is 21.0 Å². The van der Waals surface area contributed by atoms with Gasteiger partial charge in [-0.2, -0.15) is 0 Å². The zero-order valence-electron chi connectivity index (χ0n) is 11.7. The predicted octanol–water partition coefficient (Wildman–Crippen LogP) is 0.920. The molecule has 1 fully saturated rings. The van der Waals surface area contributed by atoms with Crippen LogP contribution < -0.4 is 0 Å².